The highest BCUT2D eigenvalue weighted by atomic mass is 79.9. The third-order valence-corrected chi connectivity index (χ3v) is 4.48. The number of tetrazole rings is 1. The standard InChI is InChI=1S/C18H19BrN6O/c1-12-10-13(4-9-16(12)24(2)3)18(26)20-11-17-21-22-23-25(17)15-7-5-14(19)6-8-15/h4-10H,11H2,1-3H3,(H,20,26). The van der Waals surface area contributed by atoms with Gasteiger partial charge in [0.25, 0.3) is 5.91 Å². The first-order chi connectivity index (χ1) is 12.5. The Morgan fingerprint density at radius 1 is 1.19 bits per heavy atom. The summed E-state index contributed by atoms with van der Waals surface area (Å²) < 4.78 is 2.58. The number of aryl methyl sites for hydroxylation is 1. The fourth-order valence-corrected chi connectivity index (χ4v) is 2.92. The molecule has 0 aliphatic rings. The molecule has 0 saturated heterocycles. The Morgan fingerprint density at radius 3 is 2.58 bits per heavy atom. The lowest BCUT2D eigenvalue weighted by atomic mass is 10.1. The molecule has 0 atom stereocenters. The lowest BCUT2D eigenvalue weighted by Gasteiger charge is -2.16. The number of rotatable bonds is 5. The number of halogens is 1. The summed E-state index contributed by atoms with van der Waals surface area (Å²) in [6, 6.07) is 13.3. The van der Waals surface area contributed by atoms with Crippen molar-refractivity contribution in [3.8, 4) is 5.69 Å². The van der Waals surface area contributed by atoms with Crippen molar-refractivity contribution in [2.24, 2.45) is 0 Å². The first-order valence-corrected chi connectivity index (χ1v) is 8.84. The van der Waals surface area contributed by atoms with Crippen LogP contribution < -0.4 is 10.2 Å². The fraction of sp³-hybridized carbons (Fsp3) is 0.222. The van der Waals surface area contributed by atoms with Crippen molar-refractivity contribution in [1.29, 1.82) is 0 Å². The molecule has 1 aromatic heterocycles. The summed E-state index contributed by atoms with van der Waals surface area (Å²) in [4.78, 5) is 14.5. The smallest absolute Gasteiger partial charge is 0.251 e. The Labute approximate surface area is 160 Å². The maximum absolute atomic E-state index is 12.5. The minimum atomic E-state index is -0.163. The molecule has 1 N–H and O–H groups in total. The Balaban J connectivity index is 1.72. The van der Waals surface area contributed by atoms with Crippen LogP contribution in [0, 0.1) is 6.92 Å². The van der Waals surface area contributed by atoms with Crippen LogP contribution in [-0.2, 0) is 6.54 Å². The molecule has 0 spiro atoms. The number of hydrogen-bond acceptors (Lipinski definition) is 5. The van der Waals surface area contributed by atoms with Crippen LogP contribution in [0.3, 0.4) is 0 Å². The maximum atomic E-state index is 12.5. The second-order valence-corrected chi connectivity index (χ2v) is 6.98. The molecule has 7 nitrogen and oxygen atoms in total. The molecule has 3 rings (SSSR count). The Kier molecular flexibility index (Phi) is 5.32. The predicted octanol–water partition coefficient (Wildman–Crippen LogP) is 2.73. The normalized spacial score (nSPS) is 10.6. The summed E-state index contributed by atoms with van der Waals surface area (Å²) in [6.45, 7) is 2.22. The van der Waals surface area contributed by atoms with Crippen LogP contribution in [0.15, 0.2) is 46.9 Å². The first-order valence-electron chi connectivity index (χ1n) is 8.05. The lowest BCUT2D eigenvalue weighted by Crippen LogP contribution is -2.25. The van der Waals surface area contributed by atoms with E-state index in [9.17, 15) is 4.79 Å². The van der Waals surface area contributed by atoms with Crippen molar-refractivity contribution >= 4 is 27.5 Å². The number of amides is 1. The molecular weight excluding hydrogens is 396 g/mol. The number of hydrogen-bond donors (Lipinski definition) is 1. The number of aromatic nitrogens is 4. The minimum Gasteiger partial charge on any atom is -0.377 e. The van der Waals surface area contributed by atoms with E-state index in [1.54, 1.807) is 4.68 Å². The summed E-state index contributed by atoms with van der Waals surface area (Å²) in [5.74, 6) is 0.395. The molecule has 1 heterocycles. The zero-order valence-corrected chi connectivity index (χ0v) is 16.4. The van der Waals surface area contributed by atoms with E-state index in [0.717, 1.165) is 21.4 Å². The second kappa shape index (κ2) is 7.65. The van der Waals surface area contributed by atoms with E-state index < -0.39 is 0 Å². The molecule has 1 amide bonds. The van der Waals surface area contributed by atoms with Gasteiger partial charge in [-0.25, -0.2) is 0 Å². The zero-order valence-electron chi connectivity index (χ0n) is 14.8. The second-order valence-electron chi connectivity index (χ2n) is 6.06. The number of nitrogens with one attached hydrogen (secondary N) is 1. The van der Waals surface area contributed by atoms with Crippen LogP contribution in [-0.4, -0.2) is 40.2 Å². The summed E-state index contributed by atoms with van der Waals surface area (Å²) in [5.41, 5.74) is 3.56. The molecule has 0 unspecified atom stereocenters. The van der Waals surface area contributed by atoms with Crippen LogP contribution in [0.5, 0.6) is 0 Å². The van der Waals surface area contributed by atoms with E-state index in [1.165, 1.54) is 0 Å². The van der Waals surface area contributed by atoms with E-state index in [2.05, 4.69) is 36.8 Å². The SMILES string of the molecule is Cc1cc(C(=O)NCc2nnnn2-c2ccc(Br)cc2)ccc1N(C)C. The molecule has 0 fully saturated rings. The number of carbonyl (C=O) groups is 1. The average molecular weight is 415 g/mol. The van der Waals surface area contributed by atoms with Crippen LogP contribution in [0.1, 0.15) is 21.7 Å². The fourth-order valence-electron chi connectivity index (χ4n) is 2.66. The van der Waals surface area contributed by atoms with Crippen LogP contribution in [0.25, 0.3) is 5.69 Å². The van der Waals surface area contributed by atoms with Gasteiger partial charge in [-0.1, -0.05) is 15.9 Å². The van der Waals surface area contributed by atoms with E-state index in [4.69, 9.17) is 0 Å². The third-order valence-electron chi connectivity index (χ3n) is 3.95. The molecule has 134 valence electrons. The molecule has 0 bridgehead atoms. The zero-order chi connectivity index (χ0) is 18.7. The number of anilines is 1. The maximum Gasteiger partial charge on any atom is 0.251 e. The van der Waals surface area contributed by atoms with E-state index >= 15 is 0 Å². The summed E-state index contributed by atoms with van der Waals surface area (Å²) in [6.07, 6.45) is 0. The van der Waals surface area contributed by atoms with Crippen molar-refractivity contribution in [2.45, 2.75) is 13.5 Å². The van der Waals surface area contributed by atoms with Gasteiger partial charge in [0.05, 0.1) is 12.2 Å². The van der Waals surface area contributed by atoms with Gasteiger partial charge in [-0.05, 0) is 65.4 Å². The van der Waals surface area contributed by atoms with Gasteiger partial charge < -0.3 is 10.2 Å². The highest BCUT2D eigenvalue weighted by Gasteiger charge is 2.12. The first kappa shape index (κ1) is 18.1. The molecule has 0 saturated carbocycles. The van der Waals surface area contributed by atoms with Gasteiger partial charge >= 0.3 is 0 Å². The molecule has 26 heavy (non-hydrogen) atoms. The molecule has 0 aliphatic carbocycles. The summed E-state index contributed by atoms with van der Waals surface area (Å²) >= 11 is 3.40. The molecular formula is C18H19BrN6O. The molecule has 0 aliphatic heterocycles. The Hall–Kier alpha value is -2.74. The molecule has 3 aromatic rings. The predicted molar refractivity (Wildman–Crippen MR) is 104 cm³/mol. The largest absolute Gasteiger partial charge is 0.377 e. The molecule has 0 radical (unpaired) electrons. The van der Waals surface area contributed by atoms with Crippen molar-refractivity contribution < 1.29 is 4.79 Å². The highest BCUT2D eigenvalue weighted by Crippen LogP contribution is 2.19. The van der Waals surface area contributed by atoms with Crippen molar-refractivity contribution in [3.05, 3.63) is 63.9 Å². The average Bonchev–Trinajstić information content (AvgIpc) is 3.08. The van der Waals surface area contributed by atoms with Gasteiger partial charge in [0.1, 0.15) is 0 Å². The Bertz CT molecular complexity index is 920. The van der Waals surface area contributed by atoms with Gasteiger partial charge in [0.2, 0.25) is 0 Å². The highest BCUT2D eigenvalue weighted by molar-refractivity contribution is 9.10. The van der Waals surface area contributed by atoms with Gasteiger partial charge in [0.15, 0.2) is 5.82 Å². The minimum absolute atomic E-state index is 0.163. The number of nitrogens with zero attached hydrogens (tertiary/aromatic N) is 5. The lowest BCUT2D eigenvalue weighted by molar-refractivity contribution is 0.0949. The Morgan fingerprint density at radius 2 is 1.92 bits per heavy atom. The van der Waals surface area contributed by atoms with E-state index in [-0.39, 0.29) is 12.5 Å². The monoisotopic (exact) mass is 414 g/mol. The molecule has 2 aromatic carbocycles. The third kappa shape index (κ3) is 3.91. The van der Waals surface area contributed by atoms with Crippen LogP contribution >= 0.6 is 15.9 Å². The van der Waals surface area contributed by atoms with Crippen molar-refractivity contribution in [3.63, 3.8) is 0 Å². The topological polar surface area (TPSA) is 75.9 Å². The van der Waals surface area contributed by atoms with E-state index in [1.807, 2.05) is 68.4 Å². The quantitative estimate of drug-likeness (QED) is 0.694. The van der Waals surface area contributed by atoms with Crippen molar-refractivity contribution in [1.82, 2.24) is 25.5 Å². The van der Waals surface area contributed by atoms with Gasteiger partial charge in [-0.15, -0.1) is 5.10 Å². The number of carbonyl (C=O) groups excluding carboxylic acids is 1. The van der Waals surface area contributed by atoms with Crippen molar-refractivity contribution in [2.75, 3.05) is 19.0 Å². The summed E-state index contributed by atoms with van der Waals surface area (Å²) in [7, 11) is 3.95. The van der Waals surface area contributed by atoms with Crippen LogP contribution in [0.2, 0.25) is 0 Å². The summed E-state index contributed by atoms with van der Waals surface area (Å²) in [5, 5.41) is 14.6. The van der Waals surface area contributed by atoms with Gasteiger partial charge in [0, 0.05) is 29.8 Å². The number of benzene rings is 2. The van der Waals surface area contributed by atoms with Gasteiger partial charge in [-0.3, -0.25) is 4.79 Å². The van der Waals surface area contributed by atoms with Crippen LogP contribution in [0.4, 0.5) is 5.69 Å². The van der Waals surface area contributed by atoms with Gasteiger partial charge in [-0.2, -0.15) is 4.68 Å². The molecule has 8 heteroatoms. The van der Waals surface area contributed by atoms with E-state index in [0.29, 0.717) is 11.4 Å².